The Bertz CT molecular complexity index is 11.6. The van der Waals surface area contributed by atoms with Crippen LogP contribution in [0.4, 0.5) is 13.2 Å². The molecule has 0 atom stereocenters. The molecule has 0 heterocycles. The lowest BCUT2D eigenvalue weighted by Crippen LogP contribution is -1.49. The first-order valence-corrected chi connectivity index (χ1v) is 0.567. The van der Waals surface area contributed by atoms with E-state index in [4.69, 9.17) is 0 Å². The van der Waals surface area contributed by atoms with E-state index in [-0.39, 0.29) is 6.15 Å². The molecule has 0 aromatic rings. The fourth-order valence-corrected chi connectivity index (χ4v) is 0. The van der Waals surface area contributed by atoms with E-state index < -0.39 is 6.68 Å². The maximum atomic E-state index is 9.58. The Labute approximate surface area is 27.4 Å². The summed E-state index contributed by atoms with van der Waals surface area (Å²) < 4.78 is 28.8. The first-order chi connectivity index (χ1) is 1.73. The molecule has 4 radical (unpaired) electrons. The highest BCUT2D eigenvalue weighted by molar-refractivity contribution is 4.21. The van der Waals surface area contributed by atoms with Gasteiger partial charge in [0.15, 0.2) is 0 Å². The van der Waals surface area contributed by atoms with Crippen molar-refractivity contribution in [2.24, 2.45) is 0 Å². The van der Waals surface area contributed by atoms with Crippen LogP contribution < -0.4 is 6.15 Å². The molecule has 0 aliphatic heterocycles. The van der Waals surface area contributed by atoms with E-state index in [0.717, 1.165) is 0 Å². The van der Waals surface area contributed by atoms with Gasteiger partial charge in [-0.2, -0.15) is 13.2 Å². The van der Waals surface area contributed by atoms with Crippen LogP contribution in [0, 0.1) is 6.68 Å². The molecule has 0 aliphatic carbocycles. The van der Waals surface area contributed by atoms with Gasteiger partial charge in [-0.15, -0.1) is 0 Å². The minimum atomic E-state index is -3.08. The zero-order valence-corrected chi connectivity index (χ0v) is 2.08. The standard InChI is InChI=1S/CF3.N/c2-1(3)4;. The number of hydrogen-bond donors (Lipinski definition) is 0. The predicted octanol–water partition coefficient (Wildman–Crippen LogP) is 0.861. The molecular weight excluding hydrogens is 83.0 g/mol. The van der Waals surface area contributed by atoms with Gasteiger partial charge in [0.2, 0.25) is 0 Å². The highest BCUT2D eigenvalue weighted by Crippen LogP contribution is 1.99. The molecule has 0 spiro atoms. The summed E-state index contributed by atoms with van der Waals surface area (Å²) in [6.45, 7) is -3.08. The summed E-state index contributed by atoms with van der Waals surface area (Å²) in [7, 11) is 0. The van der Waals surface area contributed by atoms with Crippen molar-refractivity contribution in [3.63, 3.8) is 0 Å². The van der Waals surface area contributed by atoms with Crippen molar-refractivity contribution in [1.29, 1.82) is 0 Å². The molecule has 0 rings (SSSR count). The van der Waals surface area contributed by atoms with Crippen LogP contribution in [0.1, 0.15) is 0 Å². The molecule has 0 saturated carbocycles. The zero-order valence-electron chi connectivity index (χ0n) is 2.08. The molecule has 4 heteroatoms. The molecule has 0 unspecified atom stereocenters. The van der Waals surface area contributed by atoms with Crippen LogP contribution in [0.3, 0.4) is 0 Å². The Kier molecular flexibility index (Phi) is 6.62. The van der Waals surface area contributed by atoms with Crippen molar-refractivity contribution in [2.75, 3.05) is 0 Å². The molecule has 1 nitrogen and oxygen atoms in total. The van der Waals surface area contributed by atoms with Crippen molar-refractivity contribution < 1.29 is 13.2 Å². The van der Waals surface area contributed by atoms with Gasteiger partial charge in [0, 0.05) is 6.15 Å². The average molecular weight is 83.0 g/mol. The van der Waals surface area contributed by atoms with Gasteiger partial charge in [-0.05, 0) is 0 Å². The SMILES string of the molecule is F[C](F)F.[N]. The third-order valence-corrected chi connectivity index (χ3v) is 0. The lowest BCUT2D eigenvalue weighted by molar-refractivity contribution is 0.142. The van der Waals surface area contributed by atoms with E-state index in [1.165, 1.54) is 0 Å². The second-order valence-electron chi connectivity index (χ2n) is 0.214. The molecule has 0 aliphatic rings. The minimum Gasteiger partial charge on any atom is -0.162 e. The largest absolute Gasteiger partial charge is 0.487 e. The Morgan fingerprint density at radius 2 is 1.00 bits per heavy atom. The van der Waals surface area contributed by atoms with Gasteiger partial charge >= 0.3 is 6.68 Å². The van der Waals surface area contributed by atoms with Gasteiger partial charge in [-0.25, -0.2) is 0 Å². The molecule has 0 aromatic heterocycles. The molecule has 0 amide bonds. The highest BCUT2D eigenvalue weighted by atomic mass is 19.4. The van der Waals surface area contributed by atoms with Crippen LogP contribution in [0.5, 0.6) is 0 Å². The molecule has 30 valence electrons. The Morgan fingerprint density at radius 1 is 1.00 bits per heavy atom. The molecule has 0 fully saturated rings. The van der Waals surface area contributed by atoms with Crippen LogP contribution in [0.15, 0.2) is 0 Å². The topological polar surface area (TPSA) is 30.5 Å². The van der Waals surface area contributed by atoms with E-state index in [0.29, 0.717) is 0 Å². The van der Waals surface area contributed by atoms with Gasteiger partial charge in [-0.1, -0.05) is 0 Å². The van der Waals surface area contributed by atoms with Crippen molar-refractivity contribution in [3.8, 4) is 0 Å². The fraction of sp³-hybridized carbons (Fsp3) is 0. The van der Waals surface area contributed by atoms with Crippen molar-refractivity contribution in [3.05, 3.63) is 6.68 Å². The summed E-state index contributed by atoms with van der Waals surface area (Å²) in [6.07, 6.45) is 0. The van der Waals surface area contributed by atoms with E-state index >= 15 is 0 Å². The molecule has 5 heavy (non-hydrogen) atoms. The summed E-state index contributed by atoms with van der Waals surface area (Å²) in [5.41, 5.74) is 0. The first kappa shape index (κ1) is 8.83. The highest BCUT2D eigenvalue weighted by Gasteiger charge is 1.93. The number of halogens is 3. The van der Waals surface area contributed by atoms with Crippen LogP contribution in [-0.4, -0.2) is 0 Å². The maximum absolute atomic E-state index is 9.58. The number of nitrogens with zero attached hydrogens (tertiary/aromatic N) is 1. The third kappa shape index (κ3) is 184. The van der Waals surface area contributed by atoms with Crippen LogP contribution in [0.25, 0.3) is 0 Å². The van der Waals surface area contributed by atoms with E-state index in [2.05, 4.69) is 0 Å². The summed E-state index contributed by atoms with van der Waals surface area (Å²) in [5.74, 6) is 0. The van der Waals surface area contributed by atoms with Crippen molar-refractivity contribution in [2.45, 2.75) is 0 Å². The Hall–Kier alpha value is -0.250. The van der Waals surface area contributed by atoms with Gasteiger partial charge < -0.3 is 0 Å². The van der Waals surface area contributed by atoms with Crippen LogP contribution in [-0.2, 0) is 0 Å². The van der Waals surface area contributed by atoms with E-state index in [1.54, 1.807) is 0 Å². The number of rotatable bonds is 0. The molecular formula is CF3N. The maximum Gasteiger partial charge on any atom is 0.487 e. The quantitative estimate of drug-likeness (QED) is 0.416. The second-order valence-corrected chi connectivity index (χ2v) is 0.214. The number of hydrogen-bond acceptors (Lipinski definition) is 0. The summed E-state index contributed by atoms with van der Waals surface area (Å²) in [4.78, 5) is 0. The van der Waals surface area contributed by atoms with Gasteiger partial charge in [0.25, 0.3) is 0 Å². The summed E-state index contributed by atoms with van der Waals surface area (Å²) >= 11 is 0. The first-order valence-electron chi connectivity index (χ1n) is 0.567. The fourth-order valence-electron chi connectivity index (χ4n) is 0. The van der Waals surface area contributed by atoms with Crippen molar-refractivity contribution >= 4 is 0 Å². The van der Waals surface area contributed by atoms with Gasteiger partial charge in [-0.3, -0.25) is 0 Å². The normalized spacial score (nSPS) is 7.20. The smallest absolute Gasteiger partial charge is 0.162 e. The van der Waals surface area contributed by atoms with Gasteiger partial charge in [0.05, 0.1) is 0 Å². The third-order valence-electron chi connectivity index (χ3n) is 0. The lowest BCUT2D eigenvalue weighted by Gasteiger charge is -1.60. The zero-order chi connectivity index (χ0) is 3.58. The second kappa shape index (κ2) is 3.75. The Morgan fingerprint density at radius 3 is 1.00 bits per heavy atom. The van der Waals surface area contributed by atoms with E-state index in [9.17, 15) is 13.2 Å². The van der Waals surface area contributed by atoms with Gasteiger partial charge in [0.1, 0.15) is 0 Å². The van der Waals surface area contributed by atoms with Crippen LogP contribution >= 0.6 is 0 Å². The Balaban J connectivity index is 0. The summed E-state index contributed by atoms with van der Waals surface area (Å²) in [6, 6.07) is 0. The molecule has 0 aromatic carbocycles. The monoisotopic (exact) mass is 83.0 g/mol. The molecule has 0 saturated heterocycles. The average Bonchev–Trinajstić information content (AvgIpc) is 0.811. The van der Waals surface area contributed by atoms with E-state index in [1.807, 2.05) is 0 Å². The summed E-state index contributed by atoms with van der Waals surface area (Å²) in [5, 5.41) is 0. The minimum absolute atomic E-state index is 0. The lowest BCUT2D eigenvalue weighted by atomic mass is 11.6. The van der Waals surface area contributed by atoms with Crippen LogP contribution in [0.2, 0.25) is 0 Å². The predicted molar refractivity (Wildman–Crippen MR) is 8.70 cm³/mol. The molecule has 0 N–H and O–H groups in total. The van der Waals surface area contributed by atoms with Crippen molar-refractivity contribution in [1.82, 2.24) is 6.15 Å². The molecule has 0 bridgehead atoms.